The van der Waals surface area contributed by atoms with E-state index < -0.39 is 0 Å². The average molecular weight is 252 g/mol. The van der Waals surface area contributed by atoms with Crippen LogP contribution in [-0.4, -0.2) is 36.4 Å². The second kappa shape index (κ2) is 6.55. The number of hydrogen-bond donors (Lipinski definition) is 1. The lowest BCUT2D eigenvalue weighted by Gasteiger charge is -2.17. The fourth-order valence-corrected chi connectivity index (χ4v) is 1.96. The van der Waals surface area contributed by atoms with Crippen molar-refractivity contribution in [2.24, 2.45) is 0 Å². The molecule has 0 aliphatic carbocycles. The van der Waals surface area contributed by atoms with Crippen molar-refractivity contribution in [3.05, 3.63) is 29.3 Å². The van der Waals surface area contributed by atoms with E-state index in [9.17, 15) is 4.79 Å². The number of rotatable bonds is 5. The number of nitrogen functional groups attached to an aromatic ring is 1. The molecule has 4 heteroatoms. The Hall–Kier alpha value is -1.16. The number of amides is 1. The monoisotopic (exact) mass is 252 g/mol. The molecule has 0 aliphatic rings. The first kappa shape index (κ1) is 13.9. The summed E-state index contributed by atoms with van der Waals surface area (Å²) in [6.07, 6.45) is 3.09. The third-order valence-corrected chi connectivity index (χ3v) is 3.41. The lowest BCUT2D eigenvalue weighted by atomic mass is 10.1. The lowest BCUT2D eigenvalue weighted by Crippen LogP contribution is -2.28. The van der Waals surface area contributed by atoms with Gasteiger partial charge in [-0.25, -0.2) is 0 Å². The van der Waals surface area contributed by atoms with Crippen molar-refractivity contribution in [3.63, 3.8) is 0 Å². The predicted molar refractivity (Wildman–Crippen MR) is 75.6 cm³/mol. The van der Waals surface area contributed by atoms with E-state index in [1.165, 1.54) is 0 Å². The van der Waals surface area contributed by atoms with Gasteiger partial charge in [0.1, 0.15) is 0 Å². The van der Waals surface area contributed by atoms with E-state index in [1.807, 2.05) is 26.1 Å². The van der Waals surface area contributed by atoms with Gasteiger partial charge in [-0.2, -0.15) is 11.8 Å². The molecule has 0 aliphatic heterocycles. The summed E-state index contributed by atoms with van der Waals surface area (Å²) in [6.45, 7) is 2.72. The first-order valence-corrected chi connectivity index (χ1v) is 7.06. The van der Waals surface area contributed by atoms with E-state index in [4.69, 9.17) is 5.73 Å². The zero-order valence-corrected chi connectivity index (χ0v) is 11.5. The smallest absolute Gasteiger partial charge is 0.253 e. The highest BCUT2D eigenvalue weighted by Gasteiger charge is 2.11. The third kappa shape index (κ3) is 3.97. The number of anilines is 1. The van der Waals surface area contributed by atoms with Crippen LogP contribution in [0.25, 0.3) is 0 Å². The Balaban J connectivity index is 2.65. The Kier molecular flexibility index (Phi) is 5.35. The van der Waals surface area contributed by atoms with Crippen LogP contribution in [0.15, 0.2) is 18.2 Å². The molecular weight excluding hydrogens is 232 g/mol. The molecule has 0 spiro atoms. The Morgan fingerprint density at radius 1 is 1.47 bits per heavy atom. The zero-order valence-electron chi connectivity index (χ0n) is 10.7. The second-order valence-electron chi connectivity index (χ2n) is 4.14. The van der Waals surface area contributed by atoms with Gasteiger partial charge >= 0.3 is 0 Å². The summed E-state index contributed by atoms with van der Waals surface area (Å²) >= 11 is 1.80. The highest BCUT2D eigenvalue weighted by atomic mass is 32.2. The fourth-order valence-electron chi connectivity index (χ4n) is 1.54. The molecule has 1 rings (SSSR count). The number of carbonyl (C=O) groups is 1. The van der Waals surface area contributed by atoms with Crippen LogP contribution in [-0.2, 0) is 0 Å². The molecule has 0 atom stereocenters. The first-order chi connectivity index (χ1) is 8.06. The van der Waals surface area contributed by atoms with Crippen molar-refractivity contribution < 1.29 is 4.79 Å². The molecule has 1 amide bonds. The molecule has 0 heterocycles. The van der Waals surface area contributed by atoms with E-state index in [-0.39, 0.29) is 5.91 Å². The van der Waals surface area contributed by atoms with Gasteiger partial charge in [0, 0.05) is 24.8 Å². The molecule has 0 unspecified atom stereocenters. The maximum atomic E-state index is 12.1. The number of benzene rings is 1. The van der Waals surface area contributed by atoms with Crippen molar-refractivity contribution in [2.45, 2.75) is 13.3 Å². The van der Waals surface area contributed by atoms with Crippen molar-refractivity contribution in [1.82, 2.24) is 4.90 Å². The number of hydrogen-bond acceptors (Lipinski definition) is 3. The van der Waals surface area contributed by atoms with Gasteiger partial charge in [-0.1, -0.05) is 6.07 Å². The second-order valence-corrected chi connectivity index (χ2v) is 5.13. The molecule has 3 nitrogen and oxygen atoms in total. The van der Waals surface area contributed by atoms with E-state index in [0.717, 1.165) is 24.3 Å². The quantitative estimate of drug-likeness (QED) is 0.646. The molecule has 0 aromatic heterocycles. The maximum Gasteiger partial charge on any atom is 0.253 e. The zero-order chi connectivity index (χ0) is 12.8. The number of thioether (sulfide) groups is 1. The number of nitrogens with zero attached hydrogens (tertiary/aromatic N) is 1. The summed E-state index contributed by atoms with van der Waals surface area (Å²) in [7, 11) is 1.83. The van der Waals surface area contributed by atoms with Crippen molar-refractivity contribution in [3.8, 4) is 0 Å². The van der Waals surface area contributed by atoms with Crippen molar-refractivity contribution >= 4 is 23.4 Å². The van der Waals surface area contributed by atoms with E-state index >= 15 is 0 Å². The standard InChI is InChI=1S/C13H20N2OS/c1-10-5-6-11(9-12(10)14)13(16)15(2)7-4-8-17-3/h5-6,9H,4,7-8,14H2,1-3H3. The molecule has 0 fully saturated rings. The van der Waals surface area contributed by atoms with Gasteiger partial charge in [0.05, 0.1) is 0 Å². The molecule has 0 radical (unpaired) electrons. The summed E-state index contributed by atoms with van der Waals surface area (Å²) in [4.78, 5) is 13.8. The van der Waals surface area contributed by atoms with Gasteiger partial charge in [0.2, 0.25) is 0 Å². The van der Waals surface area contributed by atoms with Crippen molar-refractivity contribution in [2.75, 3.05) is 31.3 Å². The minimum atomic E-state index is 0.0396. The topological polar surface area (TPSA) is 46.3 Å². The van der Waals surface area contributed by atoms with Gasteiger partial charge in [-0.15, -0.1) is 0 Å². The molecule has 0 saturated carbocycles. The van der Waals surface area contributed by atoms with Crippen LogP contribution in [0.2, 0.25) is 0 Å². The highest BCUT2D eigenvalue weighted by Crippen LogP contribution is 2.14. The largest absolute Gasteiger partial charge is 0.398 e. The molecule has 0 saturated heterocycles. The lowest BCUT2D eigenvalue weighted by molar-refractivity contribution is 0.0795. The molecular formula is C13H20N2OS. The van der Waals surface area contributed by atoms with E-state index in [2.05, 4.69) is 6.26 Å². The van der Waals surface area contributed by atoms with E-state index in [1.54, 1.807) is 22.7 Å². The molecule has 2 N–H and O–H groups in total. The van der Waals surface area contributed by atoms with Gasteiger partial charge in [-0.3, -0.25) is 4.79 Å². The summed E-state index contributed by atoms with van der Waals surface area (Å²) in [5, 5.41) is 0. The number of aryl methyl sites for hydroxylation is 1. The Morgan fingerprint density at radius 3 is 2.76 bits per heavy atom. The summed E-state index contributed by atoms with van der Waals surface area (Å²) in [6, 6.07) is 5.47. The fraction of sp³-hybridized carbons (Fsp3) is 0.462. The third-order valence-electron chi connectivity index (χ3n) is 2.71. The SMILES string of the molecule is CSCCCN(C)C(=O)c1ccc(C)c(N)c1. The van der Waals surface area contributed by atoms with Crippen molar-refractivity contribution in [1.29, 1.82) is 0 Å². The Bertz CT molecular complexity index is 393. The minimum absolute atomic E-state index is 0.0396. The first-order valence-electron chi connectivity index (χ1n) is 5.66. The molecule has 1 aromatic carbocycles. The summed E-state index contributed by atoms with van der Waals surface area (Å²) < 4.78 is 0. The molecule has 1 aromatic rings. The number of nitrogens with two attached hydrogens (primary N) is 1. The molecule has 17 heavy (non-hydrogen) atoms. The van der Waals surface area contributed by atoms with Crippen LogP contribution < -0.4 is 5.73 Å². The van der Waals surface area contributed by atoms with Gasteiger partial charge in [-0.05, 0) is 43.0 Å². The predicted octanol–water partition coefficient (Wildman–Crippen LogP) is 2.40. The van der Waals surface area contributed by atoms with Crippen LogP contribution in [0.4, 0.5) is 5.69 Å². The van der Waals surface area contributed by atoms with Gasteiger partial charge < -0.3 is 10.6 Å². The van der Waals surface area contributed by atoms with Crippen LogP contribution in [0.5, 0.6) is 0 Å². The summed E-state index contributed by atoms with van der Waals surface area (Å²) in [5.74, 6) is 1.12. The Labute approximate surface area is 107 Å². The highest BCUT2D eigenvalue weighted by molar-refractivity contribution is 7.98. The normalized spacial score (nSPS) is 10.3. The average Bonchev–Trinajstić information content (AvgIpc) is 2.32. The number of carbonyl (C=O) groups excluding carboxylic acids is 1. The van der Waals surface area contributed by atoms with Gasteiger partial charge in [0.15, 0.2) is 0 Å². The molecule has 94 valence electrons. The van der Waals surface area contributed by atoms with Crippen LogP contribution in [0.1, 0.15) is 22.3 Å². The van der Waals surface area contributed by atoms with Crippen LogP contribution in [0.3, 0.4) is 0 Å². The van der Waals surface area contributed by atoms with Gasteiger partial charge in [0.25, 0.3) is 5.91 Å². The minimum Gasteiger partial charge on any atom is -0.398 e. The Morgan fingerprint density at radius 2 is 2.18 bits per heavy atom. The maximum absolute atomic E-state index is 12.1. The van der Waals surface area contributed by atoms with Crippen LogP contribution in [0, 0.1) is 6.92 Å². The summed E-state index contributed by atoms with van der Waals surface area (Å²) in [5.41, 5.74) is 8.15. The van der Waals surface area contributed by atoms with E-state index in [0.29, 0.717) is 11.3 Å². The molecule has 0 bridgehead atoms. The van der Waals surface area contributed by atoms with Crippen LogP contribution >= 0.6 is 11.8 Å².